The van der Waals surface area contributed by atoms with E-state index in [9.17, 15) is 4.79 Å². The predicted molar refractivity (Wildman–Crippen MR) is 82.7 cm³/mol. The minimum absolute atomic E-state index is 0.114. The molecule has 0 saturated carbocycles. The fourth-order valence-corrected chi connectivity index (χ4v) is 2.79. The molecule has 0 aliphatic carbocycles. The molecule has 1 aromatic heterocycles. The summed E-state index contributed by atoms with van der Waals surface area (Å²) in [6, 6.07) is 11.7. The van der Waals surface area contributed by atoms with Crippen LogP contribution in [0.2, 0.25) is 0 Å². The van der Waals surface area contributed by atoms with Crippen LogP contribution < -0.4 is 16.2 Å². The molecule has 1 amide bonds. The number of nitrogens with zero attached hydrogens (tertiary/aromatic N) is 2. The fraction of sp³-hybridized carbons (Fsp3) is 0.250. The number of amides is 1. The summed E-state index contributed by atoms with van der Waals surface area (Å²) < 4.78 is 0. The highest BCUT2D eigenvalue weighted by Crippen LogP contribution is 2.41. The Morgan fingerprint density at radius 3 is 2.81 bits per heavy atom. The van der Waals surface area contributed by atoms with Crippen molar-refractivity contribution in [3.63, 3.8) is 0 Å². The van der Waals surface area contributed by atoms with Crippen molar-refractivity contribution in [1.29, 1.82) is 0 Å². The van der Waals surface area contributed by atoms with Crippen molar-refractivity contribution >= 4 is 17.4 Å². The third-order valence-corrected chi connectivity index (χ3v) is 3.96. The van der Waals surface area contributed by atoms with Crippen LogP contribution in [0.4, 0.5) is 11.5 Å². The molecule has 108 valence electrons. The van der Waals surface area contributed by atoms with Gasteiger partial charge in [-0.25, -0.2) is 10.8 Å². The van der Waals surface area contributed by atoms with Gasteiger partial charge in [0.15, 0.2) is 0 Å². The average molecular weight is 282 g/mol. The van der Waals surface area contributed by atoms with Gasteiger partial charge < -0.3 is 10.3 Å². The van der Waals surface area contributed by atoms with Crippen LogP contribution in [0.25, 0.3) is 0 Å². The molecule has 1 aliphatic heterocycles. The first-order valence-electron chi connectivity index (χ1n) is 6.87. The molecule has 21 heavy (non-hydrogen) atoms. The van der Waals surface area contributed by atoms with Crippen LogP contribution in [0.1, 0.15) is 25.0 Å². The SMILES string of the molecule is CC1(C)C(=O)N(Cc2ccnc(NN)c2)c2ccccc21. The van der Waals surface area contributed by atoms with Crippen molar-refractivity contribution in [1.82, 2.24) is 4.98 Å². The molecule has 0 spiro atoms. The lowest BCUT2D eigenvalue weighted by molar-refractivity contribution is -0.122. The smallest absolute Gasteiger partial charge is 0.237 e. The Morgan fingerprint density at radius 1 is 1.29 bits per heavy atom. The maximum atomic E-state index is 12.7. The van der Waals surface area contributed by atoms with Gasteiger partial charge in [0.1, 0.15) is 5.82 Å². The topological polar surface area (TPSA) is 71.2 Å². The molecule has 1 aromatic carbocycles. The van der Waals surface area contributed by atoms with E-state index >= 15 is 0 Å². The number of carbonyl (C=O) groups is 1. The number of rotatable bonds is 3. The second-order valence-electron chi connectivity index (χ2n) is 5.73. The van der Waals surface area contributed by atoms with Gasteiger partial charge in [-0.05, 0) is 43.2 Å². The van der Waals surface area contributed by atoms with E-state index in [4.69, 9.17) is 5.84 Å². The molecule has 2 heterocycles. The maximum Gasteiger partial charge on any atom is 0.237 e. The Hall–Kier alpha value is -2.40. The minimum Gasteiger partial charge on any atom is -0.308 e. The number of hydrogen-bond acceptors (Lipinski definition) is 4. The molecule has 0 saturated heterocycles. The summed E-state index contributed by atoms with van der Waals surface area (Å²) in [6.07, 6.45) is 1.68. The second-order valence-corrected chi connectivity index (χ2v) is 5.73. The Morgan fingerprint density at radius 2 is 2.05 bits per heavy atom. The molecule has 2 aromatic rings. The van der Waals surface area contributed by atoms with Crippen molar-refractivity contribution in [2.24, 2.45) is 5.84 Å². The van der Waals surface area contributed by atoms with Gasteiger partial charge in [-0.2, -0.15) is 0 Å². The second kappa shape index (κ2) is 4.86. The lowest BCUT2D eigenvalue weighted by atomic mass is 9.86. The van der Waals surface area contributed by atoms with E-state index in [2.05, 4.69) is 10.4 Å². The van der Waals surface area contributed by atoms with Gasteiger partial charge in [0.05, 0.1) is 12.0 Å². The summed E-state index contributed by atoms with van der Waals surface area (Å²) in [5.41, 5.74) is 5.07. The first-order valence-corrected chi connectivity index (χ1v) is 6.87. The number of hydrogen-bond donors (Lipinski definition) is 2. The van der Waals surface area contributed by atoms with Crippen molar-refractivity contribution in [3.05, 3.63) is 53.7 Å². The van der Waals surface area contributed by atoms with Gasteiger partial charge >= 0.3 is 0 Å². The van der Waals surface area contributed by atoms with Crippen molar-refractivity contribution < 1.29 is 4.79 Å². The van der Waals surface area contributed by atoms with Crippen LogP contribution in [-0.2, 0) is 16.8 Å². The van der Waals surface area contributed by atoms with Crippen LogP contribution in [0.5, 0.6) is 0 Å². The number of para-hydroxylation sites is 1. The van der Waals surface area contributed by atoms with Crippen LogP contribution in [-0.4, -0.2) is 10.9 Å². The summed E-state index contributed by atoms with van der Waals surface area (Å²) in [6.45, 7) is 4.44. The number of carbonyl (C=O) groups excluding carboxylic acids is 1. The zero-order chi connectivity index (χ0) is 15.0. The number of aromatic nitrogens is 1. The van der Waals surface area contributed by atoms with Crippen molar-refractivity contribution in [3.8, 4) is 0 Å². The molecule has 0 bridgehead atoms. The summed E-state index contributed by atoms with van der Waals surface area (Å²) in [5, 5.41) is 0. The molecule has 3 N–H and O–H groups in total. The molecular formula is C16H18N4O. The Labute approximate surface area is 123 Å². The molecule has 5 nitrogen and oxygen atoms in total. The number of nitrogens with one attached hydrogen (secondary N) is 1. The summed E-state index contributed by atoms with van der Waals surface area (Å²) in [7, 11) is 0. The number of fused-ring (bicyclic) bond motifs is 1. The molecular weight excluding hydrogens is 264 g/mol. The highest BCUT2D eigenvalue weighted by atomic mass is 16.2. The Kier molecular flexibility index (Phi) is 3.14. The van der Waals surface area contributed by atoms with Gasteiger partial charge in [-0.1, -0.05) is 18.2 Å². The molecule has 1 aliphatic rings. The van der Waals surface area contributed by atoms with E-state index in [0.29, 0.717) is 12.4 Å². The monoisotopic (exact) mass is 282 g/mol. The van der Waals surface area contributed by atoms with E-state index in [1.54, 1.807) is 6.20 Å². The number of nitrogens with two attached hydrogens (primary N) is 1. The van der Waals surface area contributed by atoms with Crippen molar-refractivity contribution in [2.75, 3.05) is 10.3 Å². The number of nitrogen functional groups attached to an aromatic ring is 1. The Bertz CT molecular complexity index is 696. The molecule has 0 unspecified atom stereocenters. The predicted octanol–water partition coefficient (Wildman–Crippen LogP) is 2.19. The van der Waals surface area contributed by atoms with E-state index in [1.807, 2.05) is 55.1 Å². The number of hydrazine groups is 1. The van der Waals surface area contributed by atoms with Crippen LogP contribution in [0.15, 0.2) is 42.6 Å². The largest absolute Gasteiger partial charge is 0.308 e. The maximum absolute atomic E-state index is 12.7. The van der Waals surface area contributed by atoms with E-state index in [1.165, 1.54) is 0 Å². The van der Waals surface area contributed by atoms with Gasteiger partial charge in [0.25, 0.3) is 0 Å². The average Bonchev–Trinajstić information content (AvgIpc) is 2.69. The fourth-order valence-electron chi connectivity index (χ4n) is 2.79. The van der Waals surface area contributed by atoms with E-state index in [-0.39, 0.29) is 5.91 Å². The highest BCUT2D eigenvalue weighted by molar-refractivity contribution is 6.07. The number of pyridine rings is 1. The van der Waals surface area contributed by atoms with Gasteiger partial charge in [-0.3, -0.25) is 4.79 Å². The van der Waals surface area contributed by atoms with Crippen LogP contribution >= 0.6 is 0 Å². The highest BCUT2D eigenvalue weighted by Gasteiger charge is 2.43. The normalized spacial score (nSPS) is 16.0. The molecule has 5 heteroatoms. The van der Waals surface area contributed by atoms with E-state index in [0.717, 1.165) is 16.8 Å². The third-order valence-electron chi connectivity index (χ3n) is 3.96. The van der Waals surface area contributed by atoms with Gasteiger partial charge in [0.2, 0.25) is 5.91 Å². The summed E-state index contributed by atoms with van der Waals surface area (Å²) >= 11 is 0. The molecule has 0 radical (unpaired) electrons. The summed E-state index contributed by atoms with van der Waals surface area (Å²) in [4.78, 5) is 18.6. The van der Waals surface area contributed by atoms with Crippen molar-refractivity contribution in [2.45, 2.75) is 25.8 Å². The number of benzene rings is 1. The van der Waals surface area contributed by atoms with Crippen LogP contribution in [0.3, 0.4) is 0 Å². The quantitative estimate of drug-likeness (QED) is 0.668. The van der Waals surface area contributed by atoms with Gasteiger partial charge in [-0.15, -0.1) is 0 Å². The first kappa shape index (κ1) is 13.6. The standard InChI is InChI=1S/C16H18N4O/c1-16(2)12-5-3-4-6-13(12)20(15(16)21)10-11-7-8-18-14(9-11)19-17/h3-9H,10,17H2,1-2H3,(H,18,19). The zero-order valence-electron chi connectivity index (χ0n) is 12.1. The van der Waals surface area contributed by atoms with Gasteiger partial charge in [0, 0.05) is 11.9 Å². The molecule has 0 atom stereocenters. The lowest BCUT2D eigenvalue weighted by Crippen LogP contribution is -2.35. The zero-order valence-corrected chi connectivity index (χ0v) is 12.1. The van der Waals surface area contributed by atoms with E-state index < -0.39 is 5.41 Å². The Balaban J connectivity index is 1.97. The van der Waals surface area contributed by atoms with Crippen LogP contribution in [0, 0.1) is 0 Å². The summed E-state index contributed by atoms with van der Waals surface area (Å²) in [5.74, 6) is 6.08. The number of anilines is 2. The minimum atomic E-state index is -0.488. The third kappa shape index (κ3) is 2.15. The molecule has 3 rings (SSSR count). The lowest BCUT2D eigenvalue weighted by Gasteiger charge is -2.20. The molecule has 0 fully saturated rings. The first-order chi connectivity index (χ1) is 10.0.